The minimum atomic E-state index is -4.45. The van der Waals surface area contributed by atoms with Crippen LogP contribution in [0, 0.1) is 12.3 Å². The number of carbonyl (C=O) groups excluding carboxylic acids is 1. The van der Waals surface area contributed by atoms with Crippen LogP contribution < -0.4 is 5.32 Å². The van der Waals surface area contributed by atoms with E-state index in [1.807, 2.05) is 0 Å². The molecule has 0 unspecified atom stereocenters. The van der Waals surface area contributed by atoms with Crippen LogP contribution in [-0.2, 0) is 6.18 Å². The zero-order valence-electron chi connectivity index (χ0n) is 16.4. The van der Waals surface area contributed by atoms with Gasteiger partial charge in [0.25, 0.3) is 5.91 Å². The van der Waals surface area contributed by atoms with Gasteiger partial charge in [0.1, 0.15) is 0 Å². The Balaban J connectivity index is 1.17. The largest absolute Gasteiger partial charge is 0.416 e. The van der Waals surface area contributed by atoms with E-state index in [0.29, 0.717) is 5.92 Å². The summed E-state index contributed by atoms with van der Waals surface area (Å²) in [4.78, 5) is 17.2. The number of hydrogen-bond acceptors (Lipinski definition) is 3. The number of aromatic nitrogens is 1. The van der Waals surface area contributed by atoms with E-state index < -0.39 is 17.6 Å². The summed E-state index contributed by atoms with van der Waals surface area (Å²) >= 11 is 1.76. The molecule has 0 saturated heterocycles. The van der Waals surface area contributed by atoms with Crippen LogP contribution in [0.5, 0.6) is 0 Å². The summed E-state index contributed by atoms with van der Waals surface area (Å²) in [5, 5.41) is 4.09. The number of fused-ring (bicyclic) bond motifs is 1. The molecule has 2 aliphatic carbocycles. The lowest BCUT2D eigenvalue weighted by Crippen LogP contribution is -2.55. The fourth-order valence-corrected chi connectivity index (χ4v) is 5.96. The molecule has 1 amide bonds. The van der Waals surface area contributed by atoms with Crippen molar-refractivity contribution in [2.24, 2.45) is 5.41 Å². The number of hydrogen-bond donors (Lipinski definition) is 1. The Hall–Kier alpha value is -2.41. The number of nitrogens with zero attached hydrogens (tertiary/aromatic N) is 1. The van der Waals surface area contributed by atoms with Crippen LogP contribution in [-0.4, -0.2) is 16.9 Å². The van der Waals surface area contributed by atoms with E-state index in [1.165, 1.54) is 27.4 Å². The van der Waals surface area contributed by atoms with Gasteiger partial charge in [-0.05, 0) is 73.9 Å². The SMILES string of the molecule is Cc1ccc2sc(C3CC4(CC(NC(=O)c5cccc(C(F)(F)F)c5)C4)C3)nc2c1. The van der Waals surface area contributed by atoms with Crippen molar-refractivity contribution in [3.63, 3.8) is 0 Å². The second-order valence-corrected chi connectivity index (χ2v) is 9.85. The molecule has 0 bridgehead atoms. The molecule has 2 saturated carbocycles. The van der Waals surface area contributed by atoms with Crippen molar-refractivity contribution in [2.75, 3.05) is 0 Å². The molecule has 2 fully saturated rings. The average molecular weight is 430 g/mol. The van der Waals surface area contributed by atoms with Crippen molar-refractivity contribution in [2.45, 2.75) is 50.7 Å². The molecule has 1 aromatic heterocycles. The Morgan fingerprint density at radius 2 is 1.90 bits per heavy atom. The first-order valence-corrected chi connectivity index (χ1v) is 10.9. The van der Waals surface area contributed by atoms with E-state index in [0.717, 1.165) is 43.3 Å². The van der Waals surface area contributed by atoms with E-state index in [4.69, 9.17) is 4.98 Å². The van der Waals surface area contributed by atoms with E-state index in [-0.39, 0.29) is 17.0 Å². The highest BCUT2D eigenvalue weighted by atomic mass is 32.1. The monoisotopic (exact) mass is 430 g/mol. The first kappa shape index (κ1) is 19.5. The van der Waals surface area contributed by atoms with Gasteiger partial charge in [0.2, 0.25) is 0 Å². The molecule has 2 aliphatic rings. The number of amides is 1. The minimum Gasteiger partial charge on any atom is -0.349 e. The third-order valence-electron chi connectivity index (χ3n) is 6.41. The smallest absolute Gasteiger partial charge is 0.349 e. The second kappa shape index (κ2) is 6.80. The van der Waals surface area contributed by atoms with Crippen LogP contribution in [0.25, 0.3) is 10.2 Å². The number of thiazole rings is 1. The molecular weight excluding hydrogens is 409 g/mol. The third kappa shape index (κ3) is 3.49. The second-order valence-electron chi connectivity index (χ2n) is 8.79. The van der Waals surface area contributed by atoms with Crippen LogP contribution in [0.15, 0.2) is 42.5 Å². The molecule has 1 heterocycles. The predicted octanol–water partition coefficient (Wildman–Crippen LogP) is 6.08. The summed E-state index contributed by atoms with van der Waals surface area (Å²) in [7, 11) is 0. The molecule has 30 heavy (non-hydrogen) atoms. The molecule has 1 N–H and O–H groups in total. The number of aryl methyl sites for hydroxylation is 1. The quantitative estimate of drug-likeness (QED) is 0.547. The van der Waals surface area contributed by atoms with Gasteiger partial charge in [-0.25, -0.2) is 4.98 Å². The number of nitrogens with one attached hydrogen (secondary N) is 1. The van der Waals surface area contributed by atoms with E-state index in [2.05, 4.69) is 30.4 Å². The van der Waals surface area contributed by atoms with Gasteiger partial charge < -0.3 is 5.32 Å². The molecule has 3 aromatic rings. The summed E-state index contributed by atoms with van der Waals surface area (Å²) in [6.45, 7) is 2.07. The zero-order chi connectivity index (χ0) is 21.1. The van der Waals surface area contributed by atoms with Gasteiger partial charge >= 0.3 is 6.18 Å². The molecule has 156 valence electrons. The standard InChI is InChI=1S/C23H21F3N2OS/c1-13-5-6-19-18(7-13)28-21(30-19)15-9-22(10-15)11-17(12-22)27-20(29)14-3-2-4-16(8-14)23(24,25)26/h2-8,15,17H,9-12H2,1H3,(H,27,29). The number of alkyl halides is 3. The molecular formula is C23H21F3N2OS. The molecule has 0 radical (unpaired) electrons. The molecule has 0 aliphatic heterocycles. The highest BCUT2D eigenvalue weighted by Crippen LogP contribution is 2.62. The van der Waals surface area contributed by atoms with Gasteiger partial charge in [-0.3, -0.25) is 4.79 Å². The summed E-state index contributed by atoms with van der Waals surface area (Å²) in [5.74, 6) is 0.0428. The number of carbonyl (C=O) groups is 1. The Labute approximate surface area is 176 Å². The van der Waals surface area contributed by atoms with Crippen LogP contribution in [0.2, 0.25) is 0 Å². The Morgan fingerprint density at radius 3 is 2.63 bits per heavy atom. The number of rotatable bonds is 3. The zero-order valence-corrected chi connectivity index (χ0v) is 17.2. The van der Waals surface area contributed by atoms with Crippen molar-refractivity contribution in [3.8, 4) is 0 Å². The molecule has 2 aromatic carbocycles. The molecule has 7 heteroatoms. The van der Waals surface area contributed by atoms with Crippen molar-refractivity contribution in [1.82, 2.24) is 10.3 Å². The lowest BCUT2D eigenvalue weighted by Gasteiger charge is -2.57. The fourth-order valence-electron chi connectivity index (χ4n) is 4.92. The number of benzene rings is 2. The average Bonchev–Trinajstić information content (AvgIpc) is 3.04. The van der Waals surface area contributed by atoms with Crippen molar-refractivity contribution < 1.29 is 18.0 Å². The van der Waals surface area contributed by atoms with Crippen LogP contribution >= 0.6 is 11.3 Å². The lowest BCUT2D eigenvalue weighted by molar-refractivity contribution is -0.137. The van der Waals surface area contributed by atoms with Gasteiger partial charge in [-0.15, -0.1) is 11.3 Å². The lowest BCUT2D eigenvalue weighted by atomic mass is 9.50. The van der Waals surface area contributed by atoms with Crippen molar-refractivity contribution >= 4 is 27.5 Å². The van der Waals surface area contributed by atoms with Gasteiger partial charge in [0.15, 0.2) is 0 Å². The molecule has 3 nitrogen and oxygen atoms in total. The normalized spacial score (nSPS) is 25.7. The van der Waals surface area contributed by atoms with Crippen LogP contribution in [0.1, 0.15) is 58.1 Å². The van der Waals surface area contributed by atoms with Gasteiger partial charge in [0, 0.05) is 17.5 Å². The van der Waals surface area contributed by atoms with Crippen molar-refractivity contribution in [3.05, 3.63) is 64.2 Å². The van der Waals surface area contributed by atoms with Gasteiger partial charge in [-0.1, -0.05) is 12.1 Å². The highest BCUT2D eigenvalue weighted by molar-refractivity contribution is 7.18. The van der Waals surface area contributed by atoms with E-state index in [9.17, 15) is 18.0 Å². The van der Waals surface area contributed by atoms with Gasteiger partial charge in [-0.2, -0.15) is 13.2 Å². The summed E-state index contributed by atoms with van der Waals surface area (Å²) in [6.07, 6.45) is -0.531. The Bertz CT molecular complexity index is 1120. The maximum Gasteiger partial charge on any atom is 0.416 e. The highest BCUT2D eigenvalue weighted by Gasteiger charge is 2.54. The van der Waals surface area contributed by atoms with Crippen molar-refractivity contribution in [1.29, 1.82) is 0 Å². The molecule has 1 spiro atoms. The first-order chi connectivity index (χ1) is 14.2. The van der Waals surface area contributed by atoms with E-state index >= 15 is 0 Å². The van der Waals surface area contributed by atoms with Crippen LogP contribution in [0.4, 0.5) is 13.2 Å². The summed E-state index contributed by atoms with van der Waals surface area (Å²) in [6, 6.07) is 11.0. The maximum absolute atomic E-state index is 12.9. The predicted molar refractivity (Wildman–Crippen MR) is 111 cm³/mol. The first-order valence-electron chi connectivity index (χ1n) is 10.1. The molecule has 5 rings (SSSR count). The third-order valence-corrected chi connectivity index (χ3v) is 7.61. The topological polar surface area (TPSA) is 42.0 Å². The fraction of sp³-hybridized carbons (Fsp3) is 0.391. The van der Waals surface area contributed by atoms with Crippen LogP contribution in [0.3, 0.4) is 0 Å². The Kier molecular flexibility index (Phi) is 4.43. The Morgan fingerprint density at radius 1 is 1.13 bits per heavy atom. The maximum atomic E-state index is 12.9. The summed E-state index contributed by atoms with van der Waals surface area (Å²) in [5.41, 5.74) is 1.79. The summed E-state index contributed by atoms with van der Waals surface area (Å²) < 4.78 is 39.8. The number of halogens is 3. The minimum absolute atomic E-state index is 0.0333. The molecule has 0 atom stereocenters. The van der Waals surface area contributed by atoms with E-state index in [1.54, 1.807) is 11.3 Å². The van der Waals surface area contributed by atoms with Gasteiger partial charge in [0.05, 0.1) is 20.8 Å².